The molecule has 9 heteroatoms. The number of phenols is 1. The number of rotatable bonds is 4. The Kier molecular flexibility index (Phi) is 6.06. The standard InChI is InChI=1S/C21H12Br2Cl2N2O3/c1-29-18-8-14(22)19(23)13(20(18)28)9-26-11-3-5-17-16(7-11)27-21(30-17)12-4-2-10(24)6-15(12)25/h2-9,28H,1H3. The molecule has 0 aliphatic rings. The Balaban J connectivity index is 1.71. The molecule has 0 radical (unpaired) electrons. The first-order chi connectivity index (χ1) is 14.4. The molecule has 4 aromatic rings. The molecule has 0 amide bonds. The van der Waals surface area contributed by atoms with Crippen LogP contribution >= 0.6 is 55.1 Å². The summed E-state index contributed by atoms with van der Waals surface area (Å²) in [6.45, 7) is 0. The topological polar surface area (TPSA) is 67.9 Å². The number of aromatic nitrogens is 1. The molecule has 152 valence electrons. The Bertz CT molecular complexity index is 1310. The van der Waals surface area contributed by atoms with E-state index in [0.717, 1.165) is 4.47 Å². The summed E-state index contributed by atoms with van der Waals surface area (Å²) >= 11 is 19.1. The van der Waals surface area contributed by atoms with Crippen molar-refractivity contribution in [3.63, 3.8) is 0 Å². The quantitative estimate of drug-likeness (QED) is 0.254. The fourth-order valence-electron chi connectivity index (χ4n) is 2.80. The van der Waals surface area contributed by atoms with Crippen molar-refractivity contribution in [2.24, 2.45) is 4.99 Å². The van der Waals surface area contributed by atoms with E-state index >= 15 is 0 Å². The first-order valence-corrected chi connectivity index (χ1v) is 10.9. The van der Waals surface area contributed by atoms with Crippen LogP contribution in [0.1, 0.15) is 5.56 Å². The van der Waals surface area contributed by atoms with E-state index in [1.807, 2.05) is 0 Å². The monoisotopic (exact) mass is 568 g/mol. The van der Waals surface area contributed by atoms with Gasteiger partial charge in [-0.2, -0.15) is 0 Å². The van der Waals surface area contributed by atoms with Gasteiger partial charge in [0.2, 0.25) is 5.89 Å². The van der Waals surface area contributed by atoms with Crippen molar-refractivity contribution < 1.29 is 14.3 Å². The van der Waals surface area contributed by atoms with Crippen molar-refractivity contribution in [3.8, 4) is 23.0 Å². The van der Waals surface area contributed by atoms with Crippen molar-refractivity contribution in [1.29, 1.82) is 0 Å². The van der Waals surface area contributed by atoms with Gasteiger partial charge in [0.05, 0.1) is 28.9 Å². The number of fused-ring (bicyclic) bond motifs is 1. The molecule has 1 N–H and O–H groups in total. The molecule has 0 spiro atoms. The van der Waals surface area contributed by atoms with Crippen LogP contribution in [0, 0.1) is 0 Å². The van der Waals surface area contributed by atoms with E-state index in [1.54, 1.807) is 48.7 Å². The van der Waals surface area contributed by atoms with Gasteiger partial charge >= 0.3 is 0 Å². The maximum absolute atomic E-state index is 10.4. The van der Waals surface area contributed by atoms with Crippen molar-refractivity contribution in [1.82, 2.24) is 4.98 Å². The lowest BCUT2D eigenvalue weighted by Crippen LogP contribution is -1.91. The van der Waals surface area contributed by atoms with Gasteiger partial charge in [0.1, 0.15) is 5.52 Å². The minimum absolute atomic E-state index is 0.0153. The number of oxazole rings is 1. The summed E-state index contributed by atoms with van der Waals surface area (Å²) < 4.78 is 12.4. The number of halogens is 4. The minimum Gasteiger partial charge on any atom is -0.504 e. The van der Waals surface area contributed by atoms with Crippen LogP contribution in [-0.2, 0) is 0 Å². The molecule has 5 nitrogen and oxygen atoms in total. The van der Waals surface area contributed by atoms with Crippen LogP contribution in [0.15, 0.2) is 60.8 Å². The highest BCUT2D eigenvalue weighted by Gasteiger charge is 2.15. The Morgan fingerprint density at radius 2 is 1.93 bits per heavy atom. The van der Waals surface area contributed by atoms with Crippen LogP contribution < -0.4 is 4.74 Å². The number of hydrogen-bond donors (Lipinski definition) is 1. The van der Waals surface area contributed by atoms with E-state index in [-0.39, 0.29) is 5.75 Å². The first-order valence-electron chi connectivity index (χ1n) is 8.52. The second kappa shape index (κ2) is 8.59. The molecule has 0 unspecified atom stereocenters. The molecule has 0 atom stereocenters. The van der Waals surface area contributed by atoms with Gasteiger partial charge in [-0.05, 0) is 74.3 Å². The number of methoxy groups -OCH3 is 1. The Morgan fingerprint density at radius 1 is 1.13 bits per heavy atom. The zero-order valence-corrected chi connectivity index (χ0v) is 20.0. The number of benzene rings is 3. The second-order valence-electron chi connectivity index (χ2n) is 6.19. The van der Waals surface area contributed by atoms with Gasteiger partial charge in [-0.25, -0.2) is 4.98 Å². The van der Waals surface area contributed by atoms with Crippen molar-refractivity contribution in [3.05, 3.63) is 67.0 Å². The van der Waals surface area contributed by atoms with E-state index < -0.39 is 0 Å². The minimum atomic E-state index is -0.0153. The average Bonchev–Trinajstić information content (AvgIpc) is 3.13. The summed E-state index contributed by atoms with van der Waals surface area (Å²) in [7, 11) is 1.49. The van der Waals surface area contributed by atoms with Crippen molar-refractivity contribution >= 4 is 78.1 Å². The third kappa shape index (κ3) is 4.07. The number of nitrogens with zero attached hydrogens (tertiary/aromatic N) is 2. The smallest absolute Gasteiger partial charge is 0.228 e. The van der Waals surface area contributed by atoms with Crippen molar-refractivity contribution in [2.45, 2.75) is 0 Å². The maximum Gasteiger partial charge on any atom is 0.228 e. The number of phenolic OH excluding ortho intramolecular Hbond substituents is 1. The molecule has 0 fully saturated rings. The molecular formula is C21H12Br2Cl2N2O3. The average molecular weight is 571 g/mol. The third-order valence-corrected chi connectivity index (χ3v) is 6.85. The Hall–Kier alpha value is -2.06. The van der Waals surface area contributed by atoms with Gasteiger partial charge in [-0.3, -0.25) is 4.99 Å². The molecule has 0 aliphatic heterocycles. The Morgan fingerprint density at radius 3 is 2.67 bits per heavy atom. The lowest BCUT2D eigenvalue weighted by atomic mass is 10.2. The van der Waals surface area contributed by atoms with E-state index in [1.165, 1.54) is 7.11 Å². The predicted octanol–water partition coefficient (Wildman–Crippen LogP) is 7.79. The van der Waals surface area contributed by atoms with Gasteiger partial charge < -0.3 is 14.3 Å². The highest BCUT2D eigenvalue weighted by Crippen LogP contribution is 2.40. The number of hydrogen-bond acceptors (Lipinski definition) is 5. The van der Waals surface area contributed by atoms with Crippen LogP contribution in [0.5, 0.6) is 11.5 Å². The highest BCUT2D eigenvalue weighted by molar-refractivity contribution is 9.13. The molecule has 1 heterocycles. The number of aliphatic imine (C=N–C) groups is 1. The van der Waals surface area contributed by atoms with Crippen LogP contribution in [0.3, 0.4) is 0 Å². The molecule has 4 rings (SSSR count). The fourth-order valence-corrected chi connectivity index (χ4v) is 4.11. The van der Waals surface area contributed by atoms with Crippen LogP contribution in [0.4, 0.5) is 5.69 Å². The molecule has 0 aliphatic carbocycles. The summed E-state index contributed by atoms with van der Waals surface area (Å²) in [5.41, 5.74) is 2.99. The molecule has 0 saturated carbocycles. The van der Waals surface area contributed by atoms with E-state index in [2.05, 4.69) is 41.8 Å². The first kappa shape index (κ1) is 21.2. The summed E-state index contributed by atoms with van der Waals surface area (Å²) in [5.74, 6) is 0.714. The largest absolute Gasteiger partial charge is 0.504 e. The van der Waals surface area contributed by atoms with Gasteiger partial charge in [0.15, 0.2) is 17.1 Å². The number of ether oxygens (including phenoxy) is 1. The van der Waals surface area contributed by atoms with Gasteiger partial charge in [0, 0.05) is 20.2 Å². The molecule has 0 bridgehead atoms. The molecular weight excluding hydrogens is 559 g/mol. The summed E-state index contributed by atoms with van der Waals surface area (Å²) in [6, 6.07) is 12.1. The normalized spacial score (nSPS) is 11.5. The zero-order chi connectivity index (χ0) is 21.4. The van der Waals surface area contributed by atoms with Gasteiger partial charge in [-0.15, -0.1) is 0 Å². The fraction of sp³-hybridized carbons (Fsp3) is 0.0476. The lowest BCUT2D eigenvalue weighted by Gasteiger charge is -2.09. The Labute approximate surface area is 198 Å². The lowest BCUT2D eigenvalue weighted by molar-refractivity contribution is 0.372. The molecule has 0 saturated heterocycles. The molecule has 30 heavy (non-hydrogen) atoms. The van der Waals surface area contributed by atoms with Gasteiger partial charge in [0.25, 0.3) is 0 Å². The van der Waals surface area contributed by atoms with Crippen LogP contribution in [-0.4, -0.2) is 23.4 Å². The summed E-state index contributed by atoms with van der Waals surface area (Å²) in [5, 5.41) is 11.4. The summed E-state index contributed by atoms with van der Waals surface area (Å²) in [4.78, 5) is 8.97. The zero-order valence-electron chi connectivity index (χ0n) is 15.3. The molecule has 3 aromatic carbocycles. The number of aromatic hydroxyl groups is 1. The summed E-state index contributed by atoms with van der Waals surface area (Å²) in [6.07, 6.45) is 1.55. The van der Waals surface area contributed by atoms with Gasteiger partial charge in [-0.1, -0.05) is 23.2 Å². The van der Waals surface area contributed by atoms with Crippen molar-refractivity contribution in [2.75, 3.05) is 7.11 Å². The highest BCUT2D eigenvalue weighted by atomic mass is 79.9. The van der Waals surface area contributed by atoms with Crippen LogP contribution in [0.2, 0.25) is 10.0 Å². The van der Waals surface area contributed by atoms with Crippen LogP contribution in [0.25, 0.3) is 22.6 Å². The predicted molar refractivity (Wildman–Crippen MR) is 127 cm³/mol. The SMILES string of the molecule is COc1cc(Br)c(Br)c(C=Nc2ccc3oc(-c4ccc(Cl)cc4Cl)nc3c2)c1O. The second-order valence-corrected chi connectivity index (χ2v) is 8.68. The van der Waals surface area contributed by atoms with E-state index in [9.17, 15) is 5.11 Å². The third-order valence-electron chi connectivity index (χ3n) is 4.29. The van der Waals surface area contributed by atoms with E-state index in [0.29, 0.717) is 54.1 Å². The van der Waals surface area contributed by atoms with E-state index in [4.69, 9.17) is 32.4 Å². The maximum atomic E-state index is 10.4. The molecule has 1 aromatic heterocycles.